The number of nitrogens with two attached hydrogens (primary N) is 1. The molecule has 2 atom stereocenters. The standard InChI is InChI=1S/C16H19F2N/c17-12-1-2-14(18)13(5-12)16-6-9-3-10(7-16)15(19)11(4-9)8-16/h1-2,5,9-11,15H,3-4,6-8,19H2. The van der Waals surface area contributed by atoms with Gasteiger partial charge in [-0.3, -0.25) is 0 Å². The molecular formula is C16H19F2N. The van der Waals surface area contributed by atoms with Gasteiger partial charge in [0.2, 0.25) is 0 Å². The van der Waals surface area contributed by atoms with Crippen molar-refractivity contribution in [3.05, 3.63) is 35.4 Å². The summed E-state index contributed by atoms with van der Waals surface area (Å²) in [4.78, 5) is 0. The lowest BCUT2D eigenvalue weighted by molar-refractivity contribution is -0.0241. The van der Waals surface area contributed by atoms with Crippen LogP contribution in [0.4, 0.5) is 8.78 Å². The minimum Gasteiger partial charge on any atom is -0.327 e. The Morgan fingerprint density at radius 3 is 2.42 bits per heavy atom. The monoisotopic (exact) mass is 263 g/mol. The highest BCUT2D eigenvalue weighted by molar-refractivity contribution is 5.32. The highest BCUT2D eigenvalue weighted by Gasteiger charge is 2.55. The first-order valence-electron chi connectivity index (χ1n) is 7.28. The molecular weight excluding hydrogens is 244 g/mol. The summed E-state index contributed by atoms with van der Waals surface area (Å²) in [7, 11) is 0. The molecule has 4 aliphatic rings. The molecule has 0 radical (unpaired) electrons. The zero-order valence-corrected chi connectivity index (χ0v) is 10.9. The summed E-state index contributed by atoms with van der Waals surface area (Å²) >= 11 is 0. The Balaban J connectivity index is 1.80. The Morgan fingerprint density at radius 1 is 1.05 bits per heavy atom. The van der Waals surface area contributed by atoms with Crippen LogP contribution in [0, 0.1) is 29.4 Å². The Labute approximate surface area is 112 Å². The van der Waals surface area contributed by atoms with Crippen LogP contribution in [0.5, 0.6) is 0 Å². The molecule has 4 saturated carbocycles. The van der Waals surface area contributed by atoms with Gasteiger partial charge in [0.1, 0.15) is 11.6 Å². The van der Waals surface area contributed by atoms with E-state index in [1.165, 1.54) is 31.0 Å². The molecule has 1 aromatic rings. The van der Waals surface area contributed by atoms with Gasteiger partial charge in [-0.1, -0.05) is 0 Å². The molecule has 4 bridgehead atoms. The molecule has 1 nitrogen and oxygen atoms in total. The first kappa shape index (κ1) is 11.8. The summed E-state index contributed by atoms with van der Waals surface area (Å²) in [5, 5.41) is 0. The van der Waals surface area contributed by atoms with Gasteiger partial charge in [0.25, 0.3) is 0 Å². The summed E-state index contributed by atoms with van der Waals surface area (Å²) in [5.74, 6) is 1.12. The molecule has 5 rings (SSSR count). The number of hydrogen-bond donors (Lipinski definition) is 1. The van der Waals surface area contributed by atoms with Crippen molar-refractivity contribution in [2.75, 3.05) is 0 Å². The van der Waals surface area contributed by atoms with Crippen molar-refractivity contribution in [1.29, 1.82) is 0 Å². The van der Waals surface area contributed by atoms with E-state index in [4.69, 9.17) is 5.73 Å². The van der Waals surface area contributed by atoms with Crippen LogP contribution in [0.25, 0.3) is 0 Å². The second-order valence-corrected chi connectivity index (χ2v) is 6.95. The summed E-state index contributed by atoms with van der Waals surface area (Å²) in [6.07, 6.45) is 5.29. The van der Waals surface area contributed by atoms with Crippen LogP contribution >= 0.6 is 0 Å². The topological polar surface area (TPSA) is 26.0 Å². The number of halogens is 2. The summed E-state index contributed by atoms with van der Waals surface area (Å²) < 4.78 is 27.7. The van der Waals surface area contributed by atoms with E-state index in [1.807, 2.05) is 0 Å². The highest BCUT2D eigenvalue weighted by Crippen LogP contribution is 2.60. The van der Waals surface area contributed by atoms with Crippen LogP contribution in [-0.2, 0) is 5.41 Å². The third kappa shape index (κ3) is 1.60. The summed E-state index contributed by atoms with van der Waals surface area (Å²) in [6, 6.07) is 4.20. The Kier molecular flexibility index (Phi) is 2.36. The zero-order chi connectivity index (χ0) is 13.2. The van der Waals surface area contributed by atoms with E-state index >= 15 is 0 Å². The van der Waals surface area contributed by atoms with Crippen LogP contribution in [0.2, 0.25) is 0 Å². The molecule has 2 unspecified atom stereocenters. The second-order valence-electron chi connectivity index (χ2n) is 6.95. The van der Waals surface area contributed by atoms with Crippen LogP contribution in [-0.4, -0.2) is 6.04 Å². The molecule has 0 aliphatic heterocycles. The number of hydrogen-bond acceptors (Lipinski definition) is 1. The van der Waals surface area contributed by atoms with E-state index in [9.17, 15) is 8.78 Å². The molecule has 0 heterocycles. The Morgan fingerprint density at radius 2 is 1.74 bits per heavy atom. The fourth-order valence-electron chi connectivity index (χ4n) is 5.30. The third-order valence-corrected chi connectivity index (χ3v) is 5.85. The molecule has 4 fully saturated rings. The van der Waals surface area contributed by atoms with E-state index in [-0.39, 0.29) is 23.1 Å². The Bertz CT molecular complexity index is 511. The molecule has 1 aromatic carbocycles. The van der Waals surface area contributed by atoms with Crippen molar-refractivity contribution in [2.24, 2.45) is 23.5 Å². The molecule has 0 spiro atoms. The van der Waals surface area contributed by atoms with Crippen molar-refractivity contribution >= 4 is 0 Å². The molecule has 102 valence electrons. The van der Waals surface area contributed by atoms with Crippen LogP contribution in [0.15, 0.2) is 18.2 Å². The van der Waals surface area contributed by atoms with Crippen molar-refractivity contribution in [3.63, 3.8) is 0 Å². The Hall–Kier alpha value is -0.960. The average molecular weight is 263 g/mol. The lowest BCUT2D eigenvalue weighted by Crippen LogP contribution is -2.58. The van der Waals surface area contributed by atoms with Gasteiger partial charge in [0.05, 0.1) is 0 Å². The van der Waals surface area contributed by atoms with Crippen LogP contribution in [0.1, 0.15) is 37.7 Å². The molecule has 19 heavy (non-hydrogen) atoms. The van der Waals surface area contributed by atoms with E-state index in [1.54, 1.807) is 0 Å². The van der Waals surface area contributed by atoms with Gasteiger partial charge < -0.3 is 5.73 Å². The zero-order valence-electron chi connectivity index (χ0n) is 10.9. The van der Waals surface area contributed by atoms with E-state index in [2.05, 4.69) is 0 Å². The van der Waals surface area contributed by atoms with Crippen molar-refractivity contribution in [1.82, 2.24) is 0 Å². The number of rotatable bonds is 1. The average Bonchev–Trinajstić information content (AvgIpc) is 2.37. The molecule has 3 heteroatoms. The normalized spacial score (nSPS) is 43.7. The minimum absolute atomic E-state index is 0.140. The van der Waals surface area contributed by atoms with E-state index < -0.39 is 0 Å². The van der Waals surface area contributed by atoms with Gasteiger partial charge in [-0.15, -0.1) is 0 Å². The third-order valence-electron chi connectivity index (χ3n) is 5.85. The highest BCUT2D eigenvalue weighted by atomic mass is 19.1. The molecule has 4 aliphatic carbocycles. The fraction of sp³-hybridized carbons (Fsp3) is 0.625. The lowest BCUT2D eigenvalue weighted by atomic mass is 9.46. The van der Waals surface area contributed by atoms with Gasteiger partial charge in [-0.2, -0.15) is 0 Å². The summed E-state index contributed by atoms with van der Waals surface area (Å²) in [6.45, 7) is 0. The molecule has 2 N–H and O–H groups in total. The predicted molar refractivity (Wildman–Crippen MR) is 69.6 cm³/mol. The number of benzene rings is 1. The van der Waals surface area contributed by atoms with E-state index in [0.717, 1.165) is 19.3 Å². The lowest BCUT2D eigenvalue weighted by Gasteiger charge is -2.59. The largest absolute Gasteiger partial charge is 0.327 e. The second kappa shape index (κ2) is 3.78. The minimum atomic E-state index is -0.323. The smallest absolute Gasteiger partial charge is 0.127 e. The SMILES string of the molecule is NC1C2CC3CC1CC(c1cc(F)ccc1F)(C3)C2. The maximum Gasteiger partial charge on any atom is 0.127 e. The maximum atomic E-state index is 14.2. The van der Waals surface area contributed by atoms with Crippen LogP contribution < -0.4 is 5.73 Å². The van der Waals surface area contributed by atoms with Gasteiger partial charge in [-0.25, -0.2) is 8.78 Å². The quantitative estimate of drug-likeness (QED) is 0.826. The first-order chi connectivity index (χ1) is 9.07. The van der Waals surface area contributed by atoms with Crippen molar-refractivity contribution in [3.8, 4) is 0 Å². The van der Waals surface area contributed by atoms with E-state index in [0.29, 0.717) is 23.3 Å². The van der Waals surface area contributed by atoms with Gasteiger partial charge in [0.15, 0.2) is 0 Å². The molecule has 0 saturated heterocycles. The fourth-order valence-corrected chi connectivity index (χ4v) is 5.30. The van der Waals surface area contributed by atoms with Crippen molar-refractivity contribution < 1.29 is 8.78 Å². The van der Waals surface area contributed by atoms with Gasteiger partial charge >= 0.3 is 0 Å². The van der Waals surface area contributed by atoms with Gasteiger partial charge in [0, 0.05) is 6.04 Å². The maximum absolute atomic E-state index is 14.2. The van der Waals surface area contributed by atoms with Crippen LogP contribution in [0.3, 0.4) is 0 Å². The summed E-state index contributed by atoms with van der Waals surface area (Å²) in [5.41, 5.74) is 6.77. The van der Waals surface area contributed by atoms with Gasteiger partial charge in [-0.05, 0) is 79.0 Å². The first-order valence-corrected chi connectivity index (χ1v) is 7.28. The van der Waals surface area contributed by atoms with Crippen molar-refractivity contribution in [2.45, 2.75) is 43.6 Å². The molecule has 0 aromatic heterocycles. The predicted octanol–water partition coefficient (Wildman–Crippen LogP) is 3.37. The molecule has 0 amide bonds.